The molecule has 0 radical (unpaired) electrons. The van der Waals surface area contributed by atoms with E-state index in [0.29, 0.717) is 5.82 Å². The first kappa shape index (κ1) is 19.2. The summed E-state index contributed by atoms with van der Waals surface area (Å²) in [5, 5.41) is 16.7. The van der Waals surface area contributed by atoms with Crippen molar-refractivity contribution in [2.24, 2.45) is 5.11 Å². The molecule has 0 spiro atoms. The van der Waals surface area contributed by atoms with Crippen molar-refractivity contribution in [1.82, 2.24) is 18.4 Å². The van der Waals surface area contributed by atoms with Crippen LogP contribution in [0, 0.1) is 0 Å². The first-order valence-corrected chi connectivity index (χ1v) is 15.9. The van der Waals surface area contributed by atoms with Crippen LogP contribution < -0.4 is 0 Å². The first-order chi connectivity index (χ1) is 10.7. The molecule has 124 valence electrons. The van der Waals surface area contributed by atoms with Gasteiger partial charge in [0.2, 0.25) is 0 Å². The Labute approximate surface area is 137 Å². The topological polar surface area (TPSA) is 92.4 Å². The number of rotatable bonds is 12. The maximum atomic E-state index is 8.43. The molecule has 0 saturated carbocycles. The number of hydrogen-bond acceptors (Lipinski definition) is 4. The monoisotopic (exact) mass is 415 g/mol. The summed E-state index contributed by atoms with van der Waals surface area (Å²) >= 11 is -2.64. The summed E-state index contributed by atoms with van der Waals surface area (Å²) in [7, 11) is 0. The van der Waals surface area contributed by atoms with Crippen molar-refractivity contribution in [2.75, 3.05) is 0 Å². The molecule has 0 aliphatic heterocycles. The van der Waals surface area contributed by atoms with Crippen LogP contribution in [0.1, 0.15) is 65.1 Å². The third kappa shape index (κ3) is 5.76. The molecule has 0 N–H and O–H groups in total. The molecule has 1 heterocycles. The van der Waals surface area contributed by atoms with Gasteiger partial charge < -0.3 is 0 Å². The Kier molecular flexibility index (Phi) is 9.46. The predicted octanol–water partition coefficient (Wildman–Crippen LogP) is 4.68. The van der Waals surface area contributed by atoms with Gasteiger partial charge >= 0.3 is 138 Å². The summed E-state index contributed by atoms with van der Waals surface area (Å²) in [6.45, 7) is 6.95. The Hall–Kier alpha value is -0.821. The minimum absolute atomic E-state index is 0.202. The molecule has 0 aromatic carbocycles. The predicted molar refractivity (Wildman–Crippen MR) is 91.0 cm³/mol. The van der Waals surface area contributed by atoms with Crippen LogP contribution in [0.3, 0.4) is 0 Å². The quantitative estimate of drug-likeness (QED) is 0.215. The SMILES string of the molecule is CCC[CH2][Sn]([CH2]CCC)([CH2]CCC)[n]1nnc(CN=[N+]=[N-])n1. The summed E-state index contributed by atoms with van der Waals surface area (Å²) in [6, 6.07) is 0. The van der Waals surface area contributed by atoms with Gasteiger partial charge in [-0.25, -0.2) is 0 Å². The van der Waals surface area contributed by atoms with Crippen LogP contribution in [0.15, 0.2) is 5.11 Å². The van der Waals surface area contributed by atoms with E-state index in [1.54, 1.807) is 0 Å². The van der Waals surface area contributed by atoms with Crippen molar-refractivity contribution >= 4 is 18.7 Å². The fourth-order valence-corrected chi connectivity index (χ4v) is 16.9. The molecule has 1 rings (SSSR count). The summed E-state index contributed by atoms with van der Waals surface area (Å²) in [5.74, 6) is 0.559. The van der Waals surface area contributed by atoms with E-state index in [0.717, 1.165) is 0 Å². The van der Waals surface area contributed by atoms with Crippen LogP contribution in [0.5, 0.6) is 0 Å². The van der Waals surface area contributed by atoms with Gasteiger partial charge in [0.25, 0.3) is 0 Å². The van der Waals surface area contributed by atoms with E-state index in [-0.39, 0.29) is 6.54 Å². The van der Waals surface area contributed by atoms with Gasteiger partial charge in [0.15, 0.2) is 0 Å². The Morgan fingerprint density at radius 3 is 2.05 bits per heavy atom. The number of hydrogen-bond donors (Lipinski definition) is 0. The number of aromatic nitrogens is 4. The Morgan fingerprint density at radius 2 is 1.59 bits per heavy atom. The molecule has 1 aromatic heterocycles. The van der Waals surface area contributed by atoms with Crippen LogP contribution in [-0.4, -0.2) is 37.1 Å². The molecular formula is C14H29N7Sn. The molecule has 22 heavy (non-hydrogen) atoms. The van der Waals surface area contributed by atoms with E-state index in [2.05, 4.69) is 46.2 Å². The number of azide groups is 1. The van der Waals surface area contributed by atoms with Crippen LogP contribution >= 0.6 is 0 Å². The molecule has 0 aliphatic rings. The minimum atomic E-state index is -2.64. The molecular weight excluding hydrogens is 385 g/mol. The van der Waals surface area contributed by atoms with Gasteiger partial charge in [0.1, 0.15) is 0 Å². The molecule has 0 atom stereocenters. The van der Waals surface area contributed by atoms with Gasteiger partial charge in [0.05, 0.1) is 0 Å². The summed E-state index contributed by atoms with van der Waals surface area (Å²) in [6.07, 6.45) is 7.44. The number of unbranched alkanes of at least 4 members (excludes halogenated alkanes) is 3. The molecule has 8 heteroatoms. The standard InChI is InChI=1S/3C4H9.C2H2N7.Sn/c3*1-3-4-2;3-7-4-1-2-5-8-9-6-2;/h3*1,3-4H2,2H3;1H2;/q;;;-1;+1. The molecule has 0 saturated heterocycles. The average Bonchev–Trinajstić information content (AvgIpc) is 3.02. The van der Waals surface area contributed by atoms with Crippen LogP contribution in [-0.2, 0) is 6.54 Å². The molecule has 0 aliphatic carbocycles. The normalized spacial score (nSPS) is 11.4. The third-order valence-electron chi connectivity index (χ3n) is 4.14. The first-order valence-electron chi connectivity index (χ1n) is 8.52. The van der Waals surface area contributed by atoms with Gasteiger partial charge in [-0.1, -0.05) is 0 Å². The second kappa shape index (κ2) is 10.8. The molecule has 0 fully saturated rings. The maximum absolute atomic E-state index is 8.43. The zero-order chi connectivity index (χ0) is 16.3. The van der Waals surface area contributed by atoms with E-state index in [4.69, 9.17) is 5.53 Å². The van der Waals surface area contributed by atoms with Gasteiger partial charge in [-0.2, -0.15) is 0 Å². The second-order valence-corrected chi connectivity index (χ2v) is 18.3. The van der Waals surface area contributed by atoms with Crippen LogP contribution in [0.4, 0.5) is 0 Å². The fraction of sp³-hybridized carbons (Fsp3) is 0.929. The number of tetrazole rings is 1. The van der Waals surface area contributed by atoms with Crippen molar-refractivity contribution in [3.8, 4) is 0 Å². The summed E-state index contributed by atoms with van der Waals surface area (Å²) in [4.78, 5) is 2.78. The number of nitrogens with zero attached hydrogens (tertiary/aromatic N) is 7. The average molecular weight is 414 g/mol. The van der Waals surface area contributed by atoms with Crippen molar-refractivity contribution in [1.29, 1.82) is 0 Å². The summed E-state index contributed by atoms with van der Waals surface area (Å²) in [5.41, 5.74) is 8.43. The van der Waals surface area contributed by atoms with E-state index in [1.165, 1.54) is 51.8 Å². The second-order valence-electron chi connectivity index (χ2n) is 5.92. The van der Waals surface area contributed by atoms with Gasteiger partial charge in [0, 0.05) is 0 Å². The van der Waals surface area contributed by atoms with E-state index in [1.807, 2.05) is 3.02 Å². The van der Waals surface area contributed by atoms with Gasteiger partial charge in [-0.15, -0.1) is 0 Å². The Bertz CT molecular complexity index is 446. The molecule has 0 amide bonds. The van der Waals surface area contributed by atoms with Crippen molar-refractivity contribution in [3.05, 3.63) is 16.3 Å². The molecule has 0 bridgehead atoms. The van der Waals surface area contributed by atoms with Crippen LogP contribution in [0.2, 0.25) is 13.3 Å². The summed E-state index contributed by atoms with van der Waals surface area (Å²) < 4.78 is 5.91. The zero-order valence-corrected chi connectivity index (χ0v) is 17.1. The zero-order valence-electron chi connectivity index (χ0n) is 14.2. The van der Waals surface area contributed by atoms with Gasteiger partial charge in [-0.3, -0.25) is 0 Å². The van der Waals surface area contributed by atoms with Gasteiger partial charge in [-0.05, 0) is 0 Å². The van der Waals surface area contributed by atoms with Crippen molar-refractivity contribution < 1.29 is 0 Å². The van der Waals surface area contributed by atoms with E-state index in [9.17, 15) is 0 Å². The Balaban J connectivity index is 3.01. The fourth-order valence-electron chi connectivity index (χ4n) is 2.79. The van der Waals surface area contributed by atoms with Crippen molar-refractivity contribution in [2.45, 2.75) is 79.2 Å². The van der Waals surface area contributed by atoms with E-state index >= 15 is 0 Å². The molecule has 0 unspecified atom stereocenters. The van der Waals surface area contributed by atoms with E-state index < -0.39 is 18.7 Å². The molecule has 7 nitrogen and oxygen atoms in total. The van der Waals surface area contributed by atoms with Crippen molar-refractivity contribution in [3.63, 3.8) is 0 Å². The van der Waals surface area contributed by atoms with Crippen LogP contribution in [0.25, 0.3) is 10.4 Å². The molecule has 1 aromatic rings. The third-order valence-corrected chi connectivity index (χ3v) is 18.1. The Morgan fingerprint density at radius 1 is 1.05 bits per heavy atom.